The summed E-state index contributed by atoms with van der Waals surface area (Å²) in [6.07, 6.45) is -4.07. The maximum atomic E-state index is 13.4. The number of imidazole rings is 1. The lowest BCUT2D eigenvalue weighted by atomic mass is 10.0. The number of phenolic OH excluding ortho intramolecular Hbond substituents is 1. The number of alkyl halides is 3. The lowest BCUT2D eigenvalue weighted by Crippen LogP contribution is -2.45. The predicted octanol–water partition coefficient (Wildman–Crippen LogP) is 7.59. The van der Waals surface area contributed by atoms with E-state index in [1.54, 1.807) is 42.5 Å². The largest absolute Gasteiger partial charge is 0.573 e. The highest BCUT2D eigenvalue weighted by atomic mass is 19.4. The molecule has 0 spiro atoms. The summed E-state index contributed by atoms with van der Waals surface area (Å²) in [4.78, 5) is 43.3. The number of nitrogens with two attached hydrogens (primary N) is 1. The van der Waals surface area contributed by atoms with E-state index in [4.69, 9.17) is 10.2 Å². The van der Waals surface area contributed by atoms with Gasteiger partial charge in [-0.15, -0.1) is 13.2 Å². The molecule has 0 radical (unpaired) electrons. The summed E-state index contributed by atoms with van der Waals surface area (Å²) < 4.78 is 51.9. The molecule has 1 unspecified atom stereocenters. The lowest BCUT2D eigenvalue weighted by molar-refractivity contribution is -0.274. The fraction of sp³-hybridized carbons (Fsp3) is 0.231. The number of primary amides is 1. The van der Waals surface area contributed by atoms with Gasteiger partial charge < -0.3 is 35.2 Å². The van der Waals surface area contributed by atoms with E-state index < -0.39 is 30.0 Å². The van der Waals surface area contributed by atoms with Gasteiger partial charge in [0.25, 0.3) is 5.91 Å². The Morgan fingerprint density at radius 3 is 2.34 bits per heavy atom. The molecule has 4 aromatic carbocycles. The van der Waals surface area contributed by atoms with Crippen LogP contribution in [0.15, 0.2) is 100 Å². The van der Waals surface area contributed by atoms with Gasteiger partial charge in [-0.3, -0.25) is 14.4 Å². The van der Waals surface area contributed by atoms with Gasteiger partial charge in [0.05, 0.1) is 22.1 Å². The normalized spacial score (nSPS) is 12.9. The highest BCUT2D eigenvalue weighted by molar-refractivity contribution is 5.98. The fourth-order valence-corrected chi connectivity index (χ4v) is 6.23. The Kier molecular flexibility index (Phi) is 10.1. The number of carbonyl (C=O) groups is 2. The number of halogens is 3. The number of fused-ring (bicyclic) bond motifs is 2. The van der Waals surface area contributed by atoms with Crippen LogP contribution in [0.1, 0.15) is 49.2 Å². The number of aromatic nitrogens is 2. The third kappa shape index (κ3) is 8.43. The molecule has 2 heterocycles. The number of hydrogen-bond donors (Lipinski definition) is 4. The molecule has 6 aromatic rings. The number of nitrogens with one attached hydrogen (secondary N) is 2. The van der Waals surface area contributed by atoms with Crippen molar-refractivity contribution in [3.63, 3.8) is 0 Å². The summed E-state index contributed by atoms with van der Waals surface area (Å²) in [6.45, 7) is 6.08. The molecule has 11 nitrogen and oxygen atoms in total. The van der Waals surface area contributed by atoms with Gasteiger partial charge in [-0.05, 0) is 67.3 Å². The zero-order valence-electron chi connectivity index (χ0n) is 28.9. The second-order valence-electron chi connectivity index (χ2n) is 13.1. The highest BCUT2D eigenvalue weighted by Gasteiger charge is 2.32. The van der Waals surface area contributed by atoms with E-state index in [9.17, 15) is 32.7 Å². The molecule has 5 N–H and O–H groups in total. The van der Waals surface area contributed by atoms with E-state index in [-0.39, 0.29) is 63.5 Å². The Morgan fingerprint density at radius 2 is 1.68 bits per heavy atom. The predicted molar refractivity (Wildman–Crippen MR) is 194 cm³/mol. The number of hydrogen-bond acceptors (Lipinski definition) is 8. The van der Waals surface area contributed by atoms with Crippen LogP contribution in [-0.4, -0.2) is 38.9 Å². The summed E-state index contributed by atoms with van der Waals surface area (Å²) in [5.41, 5.74) is 7.95. The van der Waals surface area contributed by atoms with Crippen molar-refractivity contribution in [3.05, 3.63) is 112 Å². The first-order valence-corrected chi connectivity index (χ1v) is 16.8. The second-order valence-corrected chi connectivity index (χ2v) is 13.1. The van der Waals surface area contributed by atoms with Crippen LogP contribution in [0.4, 0.5) is 24.8 Å². The minimum absolute atomic E-state index is 0.0544. The Labute approximate surface area is 301 Å². The third-order valence-corrected chi connectivity index (χ3v) is 8.61. The summed E-state index contributed by atoms with van der Waals surface area (Å²) in [5.74, 6) is -0.865. The van der Waals surface area contributed by atoms with E-state index in [1.165, 1.54) is 48.5 Å². The Bertz CT molecular complexity index is 2350. The zero-order valence-corrected chi connectivity index (χ0v) is 28.9. The van der Waals surface area contributed by atoms with E-state index in [1.807, 2.05) is 11.5 Å². The van der Waals surface area contributed by atoms with Gasteiger partial charge in [0.1, 0.15) is 23.1 Å². The van der Waals surface area contributed by atoms with E-state index in [2.05, 4.69) is 34.2 Å². The van der Waals surface area contributed by atoms with Crippen LogP contribution in [0, 0.1) is 5.92 Å². The smallest absolute Gasteiger partial charge is 0.508 e. The van der Waals surface area contributed by atoms with E-state index >= 15 is 0 Å². The van der Waals surface area contributed by atoms with E-state index in [0.29, 0.717) is 28.6 Å². The van der Waals surface area contributed by atoms with Crippen molar-refractivity contribution in [2.45, 2.75) is 52.1 Å². The molecule has 274 valence electrons. The van der Waals surface area contributed by atoms with Gasteiger partial charge in [0.2, 0.25) is 11.9 Å². The van der Waals surface area contributed by atoms with Gasteiger partial charge in [-0.2, -0.15) is 0 Å². The number of benzene rings is 4. The van der Waals surface area contributed by atoms with Gasteiger partial charge in [0.15, 0.2) is 11.2 Å². The third-order valence-electron chi connectivity index (χ3n) is 8.61. The number of aromatic hydroxyl groups is 1. The van der Waals surface area contributed by atoms with Crippen LogP contribution in [0.5, 0.6) is 11.5 Å². The average Bonchev–Trinajstić information content (AvgIpc) is 3.44. The molecule has 0 aliphatic heterocycles. The minimum Gasteiger partial charge on any atom is -0.508 e. The monoisotopic (exact) mass is 727 g/mol. The van der Waals surface area contributed by atoms with Crippen molar-refractivity contribution in [3.8, 4) is 22.8 Å². The van der Waals surface area contributed by atoms with Crippen molar-refractivity contribution < 1.29 is 37.0 Å². The molecule has 2 atom stereocenters. The highest BCUT2D eigenvalue weighted by Crippen LogP contribution is 2.36. The maximum Gasteiger partial charge on any atom is 0.573 e. The number of nitrogens with zero attached hydrogens (tertiary/aromatic N) is 2. The Morgan fingerprint density at radius 1 is 0.981 bits per heavy atom. The van der Waals surface area contributed by atoms with Gasteiger partial charge >= 0.3 is 6.36 Å². The quantitative estimate of drug-likeness (QED) is 0.100. The van der Waals surface area contributed by atoms with Crippen LogP contribution in [0.25, 0.3) is 33.3 Å². The zero-order chi connectivity index (χ0) is 38.0. The van der Waals surface area contributed by atoms with Crippen LogP contribution < -0.4 is 26.5 Å². The molecule has 0 fully saturated rings. The molecular formula is C39H36F3N5O6. The standard InChI is InChI=1S/C39H36F3N5O6/c1-21(2)16-22(3)47-31-19-35-27(18-29(31)46-38(47)45-28-6-4-5-7-33(28)53-39(40,41)42)32(49)20-34(52-35)24-10-12-25(13-11-24)37(51)44-30(36(43)50)17-23-8-14-26(48)15-9-23/h4-15,18-22,30,48H,16-17H2,1-3H3,(H2,43,50)(H,44,51)(H,45,46)/t22?,30-/m0/s1. The summed E-state index contributed by atoms with van der Waals surface area (Å²) in [5, 5.41) is 15.4. The summed E-state index contributed by atoms with van der Waals surface area (Å²) in [7, 11) is 0. The van der Waals surface area contributed by atoms with E-state index in [0.717, 1.165) is 0 Å². The van der Waals surface area contributed by atoms with Crippen molar-refractivity contribution in [2.75, 3.05) is 5.32 Å². The van der Waals surface area contributed by atoms with Crippen LogP contribution in [0.3, 0.4) is 0 Å². The maximum absolute atomic E-state index is 13.4. The fourth-order valence-electron chi connectivity index (χ4n) is 6.23. The first-order chi connectivity index (χ1) is 25.1. The molecule has 2 aromatic heterocycles. The van der Waals surface area contributed by atoms with Gasteiger partial charge in [-0.25, -0.2) is 4.98 Å². The van der Waals surface area contributed by atoms with Crippen molar-refractivity contribution in [1.29, 1.82) is 0 Å². The molecule has 53 heavy (non-hydrogen) atoms. The van der Waals surface area contributed by atoms with Crippen LogP contribution >= 0.6 is 0 Å². The SMILES string of the molecule is CC(C)CC(C)n1c(Nc2ccccc2OC(F)(F)F)nc2cc3c(=O)cc(-c4ccc(C(=O)N[C@@H](Cc5ccc(O)cc5)C(N)=O)cc4)oc3cc21. The van der Waals surface area contributed by atoms with Gasteiger partial charge in [0, 0.05) is 35.7 Å². The topological polar surface area (TPSA) is 162 Å². The number of amides is 2. The molecule has 0 saturated carbocycles. The molecule has 14 heteroatoms. The molecular weight excluding hydrogens is 691 g/mol. The van der Waals surface area contributed by atoms with Gasteiger partial charge in [-0.1, -0.05) is 50.2 Å². The number of para-hydroxylation sites is 2. The first-order valence-electron chi connectivity index (χ1n) is 16.8. The Balaban J connectivity index is 1.32. The molecule has 0 saturated heterocycles. The average molecular weight is 728 g/mol. The van der Waals surface area contributed by atoms with Crippen LogP contribution in [-0.2, 0) is 11.2 Å². The number of rotatable bonds is 12. The molecule has 6 rings (SSSR count). The van der Waals surface area contributed by atoms with Crippen molar-refractivity contribution in [2.24, 2.45) is 11.7 Å². The van der Waals surface area contributed by atoms with Crippen molar-refractivity contribution >= 4 is 45.5 Å². The molecule has 0 bridgehead atoms. The molecule has 0 aliphatic carbocycles. The second kappa shape index (κ2) is 14.7. The number of anilines is 2. The first kappa shape index (κ1) is 36.5. The molecule has 0 aliphatic rings. The number of carbonyl (C=O) groups excluding carboxylic acids is 2. The minimum atomic E-state index is -4.90. The summed E-state index contributed by atoms with van der Waals surface area (Å²) >= 11 is 0. The Hall–Kier alpha value is -6.31. The van der Waals surface area contributed by atoms with Crippen molar-refractivity contribution in [1.82, 2.24) is 14.9 Å². The number of phenols is 1. The number of ether oxygens (including phenoxy) is 1. The lowest BCUT2D eigenvalue weighted by Gasteiger charge is -2.21. The molecule has 2 amide bonds. The summed E-state index contributed by atoms with van der Waals surface area (Å²) in [6, 6.07) is 21.5. The van der Waals surface area contributed by atoms with Crippen LogP contribution in [0.2, 0.25) is 0 Å².